The molecule has 0 bridgehead atoms. The molecule has 1 heterocycles. The van der Waals surface area contributed by atoms with Gasteiger partial charge in [0.05, 0.1) is 11.9 Å². The lowest BCUT2D eigenvalue weighted by Crippen LogP contribution is -2.39. The maximum Gasteiger partial charge on any atom is 0.175 e. The topological polar surface area (TPSA) is 72.0 Å². The van der Waals surface area contributed by atoms with E-state index >= 15 is 0 Å². The van der Waals surface area contributed by atoms with E-state index in [1.165, 1.54) is 11.8 Å². The maximum atomic E-state index is 9.32. The first-order chi connectivity index (χ1) is 7.58. The molecule has 0 radical (unpaired) electrons. The van der Waals surface area contributed by atoms with E-state index in [2.05, 4.69) is 24.0 Å². The van der Waals surface area contributed by atoms with Crippen molar-refractivity contribution >= 4 is 34.9 Å². The molecule has 1 aromatic rings. The standard InChI is InChI=1S/C9H17N3OS3/c1-5(2)7(10)6(4-13)15-9-12-11-8(14-3)16-9/h5-7,13H,4,10H2,1-3H3. The van der Waals surface area contributed by atoms with Crippen LogP contribution in [-0.4, -0.2) is 39.5 Å². The van der Waals surface area contributed by atoms with Crippen LogP contribution in [0.3, 0.4) is 0 Å². The molecule has 0 spiro atoms. The van der Waals surface area contributed by atoms with Crippen molar-refractivity contribution in [3.8, 4) is 0 Å². The van der Waals surface area contributed by atoms with Crippen molar-refractivity contribution < 1.29 is 5.11 Å². The van der Waals surface area contributed by atoms with Crippen molar-refractivity contribution in [2.75, 3.05) is 12.9 Å². The Balaban J connectivity index is 2.62. The fraction of sp³-hybridized carbons (Fsp3) is 0.778. The molecule has 1 rings (SSSR count). The summed E-state index contributed by atoms with van der Waals surface area (Å²) in [6.07, 6.45) is 1.97. The van der Waals surface area contributed by atoms with Gasteiger partial charge in [-0.2, -0.15) is 0 Å². The summed E-state index contributed by atoms with van der Waals surface area (Å²) in [6.45, 7) is 4.18. The Morgan fingerprint density at radius 1 is 1.38 bits per heavy atom. The van der Waals surface area contributed by atoms with Gasteiger partial charge in [0.25, 0.3) is 0 Å². The summed E-state index contributed by atoms with van der Waals surface area (Å²) in [5.74, 6) is 0.345. The number of nitrogens with zero attached hydrogens (tertiary/aromatic N) is 2. The van der Waals surface area contributed by atoms with Gasteiger partial charge in [0.1, 0.15) is 0 Å². The summed E-state index contributed by atoms with van der Waals surface area (Å²) in [7, 11) is 0. The second kappa shape index (κ2) is 6.80. The van der Waals surface area contributed by atoms with E-state index < -0.39 is 0 Å². The number of rotatable bonds is 6. The van der Waals surface area contributed by atoms with Crippen LogP contribution >= 0.6 is 34.9 Å². The van der Waals surface area contributed by atoms with Crippen LogP contribution in [0, 0.1) is 5.92 Å². The molecule has 92 valence electrons. The average molecular weight is 279 g/mol. The number of hydrogen-bond acceptors (Lipinski definition) is 7. The summed E-state index contributed by atoms with van der Waals surface area (Å²) in [4.78, 5) is 0. The molecule has 0 saturated carbocycles. The van der Waals surface area contributed by atoms with Gasteiger partial charge in [0.15, 0.2) is 8.68 Å². The zero-order chi connectivity index (χ0) is 12.1. The van der Waals surface area contributed by atoms with E-state index in [1.807, 2.05) is 6.26 Å². The Morgan fingerprint density at radius 2 is 2.00 bits per heavy atom. The highest BCUT2D eigenvalue weighted by Gasteiger charge is 2.22. The van der Waals surface area contributed by atoms with Crippen molar-refractivity contribution in [3.63, 3.8) is 0 Å². The molecule has 4 nitrogen and oxygen atoms in total. The van der Waals surface area contributed by atoms with E-state index in [0.29, 0.717) is 5.92 Å². The third-order valence-corrected chi connectivity index (χ3v) is 5.48. The van der Waals surface area contributed by atoms with Gasteiger partial charge in [-0.05, 0) is 12.2 Å². The molecule has 3 N–H and O–H groups in total. The lowest BCUT2D eigenvalue weighted by atomic mass is 10.0. The molecule has 0 aliphatic heterocycles. The van der Waals surface area contributed by atoms with Gasteiger partial charge in [-0.1, -0.05) is 48.7 Å². The van der Waals surface area contributed by atoms with Gasteiger partial charge >= 0.3 is 0 Å². The predicted molar refractivity (Wildman–Crippen MR) is 71.2 cm³/mol. The Morgan fingerprint density at radius 3 is 2.44 bits per heavy atom. The third kappa shape index (κ3) is 3.89. The van der Waals surface area contributed by atoms with Crippen molar-refractivity contribution in [2.24, 2.45) is 11.7 Å². The minimum Gasteiger partial charge on any atom is -0.395 e. The molecule has 7 heteroatoms. The number of hydrogen-bond donors (Lipinski definition) is 2. The molecule has 0 saturated heterocycles. The van der Waals surface area contributed by atoms with Crippen LogP contribution in [0.1, 0.15) is 13.8 Å². The number of aliphatic hydroxyl groups excluding tert-OH is 1. The first kappa shape index (κ1) is 14.2. The lowest BCUT2D eigenvalue weighted by molar-refractivity contribution is 0.269. The minimum absolute atomic E-state index is 0.0114. The zero-order valence-corrected chi connectivity index (χ0v) is 12.0. The molecular weight excluding hydrogens is 262 g/mol. The Hall–Kier alpha value is 0.180. The van der Waals surface area contributed by atoms with Crippen molar-refractivity contribution in [1.29, 1.82) is 0 Å². The number of aromatic nitrogens is 2. The van der Waals surface area contributed by atoms with Gasteiger partial charge < -0.3 is 10.8 Å². The minimum atomic E-state index is -0.0309. The quantitative estimate of drug-likeness (QED) is 0.772. The molecular formula is C9H17N3OS3. The van der Waals surface area contributed by atoms with Crippen LogP contribution < -0.4 is 5.73 Å². The van der Waals surface area contributed by atoms with Crippen molar-refractivity contribution in [3.05, 3.63) is 0 Å². The van der Waals surface area contributed by atoms with E-state index in [1.54, 1.807) is 23.1 Å². The monoisotopic (exact) mass is 279 g/mol. The van der Waals surface area contributed by atoms with E-state index in [4.69, 9.17) is 5.73 Å². The highest BCUT2D eigenvalue weighted by atomic mass is 32.2. The van der Waals surface area contributed by atoms with E-state index in [9.17, 15) is 5.11 Å². The molecule has 0 aliphatic rings. The number of aliphatic hydroxyl groups is 1. The molecule has 0 fully saturated rings. The Bertz CT molecular complexity index is 319. The number of nitrogens with two attached hydrogens (primary N) is 1. The van der Waals surface area contributed by atoms with Crippen LogP contribution in [0.5, 0.6) is 0 Å². The second-order valence-electron chi connectivity index (χ2n) is 3.70. The normalized spacial score (nSPS) is 15.4. The SMILES string of the molecule is CSc1nnc(SC(CO)C(N)C(C)C)s1. The smallest absolute Gasteiger partial charge is 0.175 e. The maximum absolute atomic E-state index is 9.32. The Kier molecular flexibility index (Phi) is 6.06. The summed E-state index contributed by atoms with van der Waals surface area (Å²) < 4.78 is 1.82. The van der Waals surface area contributed by atoms with E-state index in [0.717, 1.165) is 8.68 Å². The molecule has 0 aromatic carbocycles. The molecule has 0 aliphatic carbocycles. The van der Waals surface area contributed by atoms with Gasteiger partial charge in [-0.15, -0.1) is 10.2 Å². The predicted octanol–water partition coefficient (Wildman–Crippen LogP) is 1.70. The molecule has 16 heavy (non-hydrogen) atoms. The van der Waals surface area contributed by atoms with Crippen molar-refractivity contribution in [1.82, 2.24) is 10.2 Å². The summed E-state index contributed by atoms with van der Waals surface area (Å²) in [6, 6.07) is -0.0309. The molecule has 0 amide bonds. The molecule has 2 atom stereocenters. The highest BCUT2D eigenvalue weighted by molar-refractivity contribution is 8.03. The third-order valence-electron chi connectivity index (χ3n) is 2.19. The zero-order valence-electron chi connectivity index (χ0n) is 9.58. The fourth-order valence-corrected chi connectivity index (χ4v) is 3.98. The fourth-order valence-electron chi connectivity index (χ4n) is 1.12. The first-order valence-corrected chi connectivity index (χ1v) is 7.91. The first-order valence-electron chi connectivity index (χ1n) is 4.99. The summed E-state index contributed by atoms with van der Waals surface area (Å²) in [5, 5.41) is 17.4. The van der Waals surface area contributed by atoms with Crippen LogP contribution in [-0.2, 0) is 0 Å². The number of thioether (sulfide) groups is 2. The largest absolute Gasteiger partial charge is 0.395 e. The van der Waals surface area contributed by atoms with Gasteiger partial charge in [0, 0.05) is 6.04 Å². The van der Waals surface area contributed by atoms with Crippen LogP contribution in [0.25, 0.3) is 0 Å². The van der Waals surface area contributed by atoms with Gasteiger partial charge in [-0.25, -0.2) is 0 Å². The van der Waals surface area contributed by atoms with Crippen LogP contribution in [0.15, 0.2) is 8.68 Å². The average Bonchev–Trinajstić information content (AvgIpc) is 2.72. The van der Waals surface area contributed by atoms with Crippen LogP contribution in [0.4, 0.5) is 0 Å². The molecule has 1 aromatic heterocycles. The van der Waals surface area contributed by atoms with Gasteiger partial charge in [-0.3, -0.25) is 0 Å². The summed E-state index contributed by atoms with van der Waals surface area (Å²) >= 11 is 4.64. The van der Waals surface area contributed by atoms with E-state index in [-0.39, 0.29) is 17.9 Å². The van der Waals surface area contributed by atoms with Crippen molar-refractivity contribution in [2.45, 2.75) is 33.8 Å². The van der Waals surface area contributed by atoms with Gasteiger partial charge in [0.2, 0.25) is 0 Å². The molecule has 2 unspecified atom stereocenters. The Labute approximate surface area is 108 Å². The van der Waals surface area contributed by atoms with Crippen LogP contribution in [0.2, 0.25) is 0 Å². The highest BCUT2D eigenvalue weighted by Crippen LogP contribution is 2.31. The summed E-state index contributed by atoms with van der Waals surface area (Å²) in [5.41, 5.74) is 6.03. The second-order valence-corrected chi connectivity index (χ2v) is 7.22. The lowest BCUT2D eigenvalue weighted by Gasteiger charge is -2.23.